The number of phosphoric acid groups is 1. The molecule has 0 radical (unpaired) electrons. The van der Waals surface area contributed by atoms with Crippen molar-refractivity contribution in [2.45, 2.75) is 180 Å². The molecular formula is C48H87NO7P+. The zero-order chi connectivity index (χ0) is 42.0. The highest BCUT2D eigenvalue weighted by atomic mass is 31.2. The van der Waals surface area contributed by atoms with Gasteiger partial charge in [-0.25, -0.2) is 4.57 Å². The number of carbonyl (C=O) groups is 1. The molecule has 0 aromatic heterocycles. The summed E-state index contributed by atoms with van der Waals surface area (Å²) in [6.07, 6.45) is 53.3. The number of unbranched alkanes of at least 4 members (excludes halogenated alkanes) is 17. The Labute approximate surface area is 351 Å². The topological polar surface area (TPSA) is 91.3 Å². The average Bonchev–Trinajstić information content (AvgIpc) is 3.16. The van der Waals surface area contributed by atoms with E-state index in [4.69, 9.17) is 18.5 Å². The summed E-state index contributed by atoms with van der Waals surface area (Å²) in [4.78, 5) is 22.8. The van der Waals surface area contributed by atoms with E-state index in [0.717, 1.165) is 38.5 Å². The van der Waals surface area contributed by atoms with E-state index in [1.165, 1.54) is 109 Å². The minimum atomic E-state index is -4.31. The fourth-order valence-corrected chi connectivity index (χ4v) is 6.54. The summed E-state index contributed by atoms with van der Waals surface area (Å²) in [7, 11) is 1.58. The van der Waals surface area contributed by atoms with E-state index in [1.807, 2.05) is 39.4 Å². The van der Waals surface area contributed by atoms with Gasteiger partial charge in [0.1, 0.15) is 19.8 Å². The van der Waals surface area contributed by atoms with Crippen LogP contribution in [0, 0.1) is 0 Å². The van der Waals surface area contributed by atoms with Gasteiger partial charge in [-0.2, -0.15) is 0 Å². The van der Waals surface area contributed by atoms with E-state index in [0.29, 0.717) is 17.4 Å². The molecule has 0 aliphatic heterocycles. The number of quaternary nitrogens is 1. The minimum Gasteiger partial charge on any atom is -0.498 e. The van der Waals surface area contributed by atoms with Crippen LogP contribution < -0.4 is 0 Å². The first kappa shape index (κ1) is 54.8. The molecule has 1 N–H and O–H groups in total. The average molecular weight is 821 g/mol. The fourth-order valence-electron chi connectivity index (χ4n) is 5.79. The smallest absolute Gasteiger partial charge is 0.472 e. The largest absolute Gasteiger partial charge is 0.498 e. The molecule has 9 heteroatoms. The molecule has 0 saturated carbocycles. The predicted molar refractivity (Wildman–Crippen MR) is 242 cm³/mol. The number of hydrogen-bond donors (Lipinski definition) is 1. The van der Waals surface area contributed by atoms with E-state index in [-0.39, 0.29) is 26.2 Å². The van der Waals surface area contributed by atoms with Crippen molar-refractivity contribution >= 4 is 13.8 Å². The summed E-state index contributed by atoms with van der Waals surface area (Å²) in [5.74, 6) is -0.417. The van der Waals surface area contributed by atoms with Gasteiger partial charge >= 0.3 is 13.8 Å². The maximum Gasteiger partial charge on any atom is 0.472 e. The van der Waals surface area contributed by atoms with Crippen LogP contribution >= 0.6 is 7.82 Å². The predicted octanol–water partition coefficient (Wildman–Crippen LogP) is 13.8. The minimum absolute atomic E-state index is 0.0156. The summed E-state index contributed by atoms with van der Waals surface area (Å²) < 4.78 is 34.7. The van der Waals surface area contributed by atoms with Crippen molar-refractivity contribution in [1.82, 2.24) is 0 Å². The molecule has 0 aromatic carbocycles. The molecule has 0 amide bonds. The molecule has 2 atom stereocenters. The van der Waals surface area contributed by atoms with Crippen molar-refractivity contribution < 1.29 is 37.3 Å². The number of allylic oxidation sites excluding steroid dienone is 11. The number of esters is 1. The summed E-state index contributed by atoms with van der Waals surface area (Å²) in [5.41, 5.74) is 0. The van der Waals surface area contributed by atoms with Crippen molar-refractivity contribution in [2.75, 3.05) is 47.5 Å². The molecule has 0 rings (SSSR count). The van der Waals surface area contributed by atoms with Gasteiger partial charge in [0.2, 0.25) is 0 Å². The zero-order valence-electron chi connectivity index (χ0n) is 37.3. The third-order valence-corrected chi connectivity index (χ3v) is 10.3. The second kappa shape index (κ2) is 40.6. The Morgan fingerprint density at radius 3 is 1.49 bits per heavy atom. The van der Waals surface area contributed by atoms with Crippen LogP contribution in [0.2, 0.25) is 0 Å². The van der Waals surface area contributed by atoms with Crippen LogP contribution in [0.15, 0.2) is 73.1 Å². The maximum absolute atomic E-state index is 12.7. The molecule has 0 heterocycles. The third-order valence-electron chi connectivity index (χ3n) is 9.35. The van der Waals surface area contributed by atoms with E-state index in [9.17, 15) is 14.3 Å². The van der Waals surface area contributed by atoms with Crippen LogP contribution in [0.4, 0.5) is 0 Å². The Hall–Kier alpha value is -2.22. The van der Waals surface area contributed by atoms with Gasteiger partial charge in [0.15, 0.2) is 6.10 Å². The Morgan fingerprint density at radius 1 is 0.561 bits per heavy atom. The number of phosphoric ester groups is 1. The van der Waals surface area contributed by atoms with Crippen molar-refractivity contribution in [3.8, 4) is 0 Å². The summed E-state index contributed by atoms with van der Waals surface area (Å²) in [6, 6.07) is 0. The van der Waals surface area contributed by atoms with Gasteiger partial charge in [-0.1, -0.05) is 171 Å². The Morgan fingerprint density at radius 2 is 0.982 bits per heavy atom. The lowest BCUT2D eigenvalue weighted by molar-refractivity contribution is -0.870. The van der Waals surface area contributed by atoms with Crippen LogP contribution in [0.3, 0.4) is 0 Å². The standard InChI is InChI=1S/C48H86NO7P/c1-6-8-10-12-14-16-18-20-22-24-25-26-27-29-31-33-35-37-39-41-48(50)56-47(46-55-57(51,52)54-44-42-49(3,4)5)45-53-43-40-38-36-34-32-30-28-23-21-19-17-15-13-11-9-7-2/h14,16,20,22,25-26,29,31,35,37,40,43,47H,6-13,15,17-19,21,23-24,27-28,30,32-34,36,38-39,41-42,44-46H2,1-5H3/p+1/b16-14+,22-20+,26-25+,31-29+,37-35+,43-40+/t47-/m1/s1. The van der Waals surface area contributed by atoms with Crippen LogP contribution in [-0.2, 0) is 27.9 Å². The number of likely N-dealkylation sites (N-methyl/N-ethyl adjacent to an activating group) is 1. The highest BCUT2D eigenvalue weighted by molar-refractivity contribution is 7.47. The molecule has 0 saturated heterocycles. The van der Waals surface area contributed by atoms with E-state index in [1.54, 1.807) is 6.26 Å². The molecule has 8 nitrogen and oxygen atoms in total. The second-order valence-electron chi connectivity index (χ2n) is 16.1. The first-order valence-corrected chi connectivity index (χ1v) is 24.2. The quantitative estimate of drug-likeness (QED) is 0.0164. The lowest BCUT2D eigenvalue weighted by atomic mass is 10.0. The van der Waals surface area contributed by atoms with Crippen LogP contribution in [0.5, 0.6) is 0 Å². The van der Waals surface area contributed by atoms with E-state index < -0.39 is 19.9 Å². The second-order valence-corrected chi connectivity index (χ2v) is 17.6. The van der Waals surface area contributed by atoms with Gasteiger partial charge in [-0.3, -0.25) is 13.8 Å². The van der Waals surface area contributed by atoms with Crippen molar-refractivity contribution in [3.05, 3.63) is 73.1 Å². The van der Waals surface area contributed by atoms with Gasteiger partial charge in [0.25, 0.3) is 0 Å². The zero-order valence-corrected chi connectivity index (χ0v) is 38.2. The maximum atomic E-state index is 12.7. The molecule has 0 spiro atoms. The Balaban J connectivity index is 4.41. The highest BCUT2D eigenvalue weighted by Crippen LogP contribution is 2.43. The number of carbonyl (C=O) groups excluding carboxylic acids is 1. The van der Waals surface area contributed by atoms with Gasteiger partial charge < -0.3 is 18.9 Å². The number of nitrogens with zero attached hydrogens (tertiary/aromatic N) is 1. The molecule has 0 aliphatic rings. The first-order valence-electron chi connectivity index (χ1n) is 22.7. The molecule has 330 valence electrons. The Bertz CT molecular complexity index is 1140. The molecule has 0 aliphatic carbocycles. The van der Waals surface area contributed by atoms with Gasteiger partial charge in [0.05, 0.1) is 34.0 Å². The Kier molecular flexibility index (Phi) is 39.0. The first-order chi connectivity index (χ1) is 27.6. The molecule has 0 aromatic rings. The van der Waals surface area contributed by atoms with Crippen molar-refractivity contribution in [1.29, 1.82) is 0 Å². The summed E-state index contributed by atoms with van der Waals surface area (Å²) in [5, 5.41) is 0. The van der Waals surface area contributed by atoms with Gasteiger partial charge in [-0.15, -0.1) is 0 Å². The molecule has 1 unspecified atom stereocenters. The van der Waals surface area contributed by atoms with E-state index >= 15 is 0 Å². The van der Waals surface area contributed by atoms with Gasteiger partial charge in [0, 0.05) is 6.42 Å². The number of ether oxygens (including phenoxy) is 2. The number of rotatable bonds is 41. The molecule has 57 heavy (non-hydrogen) atoms. The lowest BCUT2D eigenvalue weighted by Crippen LogP contribution is -2.37. The SMILES string of the molecule is CCCCC/C=C/C/C=C/C/C=C/C/C=C/C/C=C/CCC(=O)O[C@H](CO/C=C/CCCCCCCCCCCCCCCC)COP(=O)(O)OCC[N+](C)(C)C. The normalized spacial score (nSPS) is 14.4. The lowest BCUT2D eigenvalue weighted by Gasteiger charge is -2.24. The van der Waals surface area contributed by atoms with Crippen LogP contribution in [-0.4, -0.2) is 69.0 Å². The monoisotopic (exact) mass is 821 g/mol. The van der Waals surface area contributed by atoms with Crippen molar-refractivity contribution in [2.24, 2.45) is 0 Å². The van der Waals surface area contributed by atoms with Crippen LogP contribution in [0.25, 0.3) is 0 Å². The van der Waals surface area contributed by atoms with E-state index in [2.05, 4.69) is 62.5 Å². The summed E-state index contributed by atoms with van der Waals surface area (Å²) >= 11 is 0. The molecule has 0 fully saturated rings. The molecular weight excluding hydrogens is 734 g/mol. The fraction of sp³-hybridized carbons (Fsp3) is 0.729. The molecule has 0 bridgehead atoms. The van der Waals surface area contributed by atoms with Crippen LogP contribution in [0.1, 0.15) is 174 Å². The highest BCUT2D eigenvalue weighted by Gasteiger charge is 2.26. The number of hydrogen-bond acceptors (Lipinski definition) is 6. The van der Waals surface area contributed by atoms with Gasteiger partial charge in [-0.05, 0) is 63.9 Å². The third kappa shape index (κ3) is 44.7. The summed E-state index contributed by atoms with van der Waals surface area (Å²) in [6.45, 7) is 4.81. The van der Waals surface area contributed by atoms with Crippen molar-refractivity contribution in [3.63, 3.8) is 0 Å².